The van der Waals surface area contributed by atoms with E-state index in [1.807, 2.05) is 37.3 Å². The van der Waals surface area contributed by atoms with Crippen LogP contribution in [-0.4, -0.2) is 36.2 Å². The molecule has 1 saturated heterocycles. The van der Waals surface area contributed by atoms with Crippen LogP contribution in [0, 0.1) is 0 Å². The summed E-state index contributed by atoms with van der Waals surface area (Å²) >= 11 is 0. The topological polar surface area (TPSA) is 32.7 Å². The molecule has 0 bridgehead atoms. The van der Waals surface area contributed by atoms with Crippen molar-refractivity contribution < 1.29 is 9.84 Å². The molecular weight excluding hydrogens is 334 g/mol. The van der Waals surface area contributed by atoms with E-state index in [4.69, 9.17) is 4.74 Å². The zero-order valence-corrected chi connectivity index (χ0v) is 16.7. The highest BCUT2D eigenvalue weighted by molar-refractivity contribution is 5.35. The van der Waals surface area contributed by atoms with Crippen LogP contribution in [0.4, 0.5) is 0 Å². The van der Waals surface area contributed by atoms with Crippen LogP contribution in [0.15, 0.2) is 54.6 Å². The molecule has 1 fully saturated rings. The molecule has 3 rings (SSSR count). The van der Waals surface area contributed by atoms with Crippen LogP contribution in [0.5, 0.6) is 5.75 Å². The zero-order chi connectivity index (χ0) is 19.1. The van der Waals surface area contributed by atoms with Crippen LogP contribution in [-0.2, 0) is 5.60 Å². The van der Waals surface area contributed by atoms with Crippen LogP contribution in [0.2, 0.25) is 0 Å². The van der Waals surface area contributed by atoms with Crippen molar-refractivity contribution in [2.75, 3.05) is 26.2 Å². The van der Waals surface area contributed by atoms with Crippen LogP contribution in [0.1, 0.15) is 56.6 Å². The van der Waals surface area contributed by atoms with Crippen molar-refractivity contribution in [2.24, 2.45) is 0 Å². The summed E-state index contributed by atoms with van der Waals surface area (Å²) in [6.07, 6.45) is 4.20. The van der Waals surface area contributed by atoms with Crippen molar-refractivity contribution in [3.8, 4) is 5.75 Å². The van der Waals surface area contributed by atoms with E-state index in [0.29, 0.717) is 6.61 Å². The highest BCUT2D eigenvalue weighted by Crippen LogP contribution is 2.42. The van der Waals surface area contributed by atoms with Gasteiger partial charge in [-0.25, -0.2) is 0 Å². The molecule has 2 atom stereocenters. The van der Waals surface area contributed by atoms with Crippen molar-refractivity contribution in [3.05, 3.63) is 65.7 Å². The second-order valence-electron chi connectivity index (χ2n) is 7.60. The third-order valence-corrected chi connectivity index (χ3v) is 5.71. The summed E-state index contributed by atoms with van der Waals surface area (Å²) in [6.45, 7) is 7.96. The van der Waals surface area contributed by atoms with Gasteiger partial charge < -0.3 is 14.7 Å². The number of hydrogen-bond acceptors (Lipinski definition) is 3. The molecule has 1 aliphatic heterocycles. The van der Waals surface area contributed by atoms with Crippen LogP contribution >= 0.6 is 0 Å². The molecule has 0 spiro atoms. The summed E-state index contributed by atoms with van der Waals surface area (Å²) in [4.78, 5) is 2.51. The normalized spacial score (nSPS) is 18.2. The van der Waals surface area contributed by atoms with E-state index in [9.17, 15) is 5.11 Å². The van der Waals surface area contributed by atoms with E-state index in [-0.39, 0.29) is 5.92 Å². The van der Waals surface area contributed by atoms with E-state index < -0.39 is 5.60 Å². The Morgan fingerprint density at radius 3 is 2.26 bits per heavy atom. The fraction of sp³-hybridized carbons (Fsp3) is 0.500. The van der Waals surface area contributed by atoms with Crippen molar-refractivity contribution >= 4 is 0 Å². The van der Waals surface area contributed by atoms with Gasteiger partial charge in [0, 0.05) is 12.5 Å². The quantitative estimate of drug-likeness (QED) is 0.680. The number of hydrogen-bond donors (Lipinski definition) is 1. The lowest BCUT2D eigenvalue weighted by Gasteiger charge is -2.39. The Balaban J connectivity index is 1.97. The van der Waals surface area contributed by atoms with E-state index in [2.05, 4.69) is 36.1 Å². The van der Waals surface area contributed by atoms with Gasteiger partial charge in [-0.2, -0.15) is 0 Å². The van der Waals surface area contributed by atoms with E-state index in [0.717, 1.165) is 43.8 Å². The minimum absolute atomic E-state index is 0.0506. The number of benzene rings is 2. The van der Waals surface area contributed by atoms with E-state index >= 15 is 0 Å². The first kappa shape index (κ1) is 19.9. The predicted octanol–water partition coefficient (Wildman–Crippen LogP) is 4.95. The minimum Gasteiger partial charge on any atom is -0.494 e. The maximum Gasteiger partial charge on any atom is 0.119 e. The second-order valence-corrected chi connectivity index (χ2v) is 7.60. The Morgan fingerprint density at radius 1 is 1.00 bits per heavy atom. The Labute approximate surface area is 164 Å². The predicted molar refractivity (Wildman–Crippen MR) is 111 cm³/mol. The monoisotopic (exact) mass is 367 g/mol. The zero-order valence-electron chi connectivity index (χ0n) is 16.7. The Kier molecular flexibility index (Phi) is 6.92. The van der Waals surface area contributed by atoms with Gasteiger partial charge in [-0.05, 0) is 62.5 Å². The minimum atomic E-state index is -0.885. The molecule has 1 aliphatic rings. The summed E-state index contributed by atoms with van der Waals surface area (Å²) in [5, 5.41) is 12.0. The molecule has 0 aromatic heterocycles. The van der Waals surface area contributed by atoms with Gasteiger partial charge in [0.1, 0.15) is 5.75 Å². The molecule has 146 valence electrons. The number of ether oxygens (including phenoxy) is 1. The Bertz CT molecular complexity index is 679. The molecule has 1 N–H and O–H groups in total. The summed E-state index contributed by atoms with van der Waals surface area (Å²) in [5.41, 5.74) is 1.32. The molecule has 3 nitrogen and oxygen atoms in total. The van der Waals surface area contributed by atoms with Crippen molar-refractivity contribution in [1.82, 2.24) is 4.90 Å². The molecule has 1 heterocycles. The smallest absolute Gasteiger partial charge is 0.119 e. The van der Waals surface area contributed by atoms with Crippen molar-refractivity contribution in [1.29, 1.82) is 0 Å². The molecule has 0 unspecified atom stereocenters. The first-order valence-corrected chi connectivity index (χ1v) is 10.4. The molecule has 0 radical (unpaired) electrons. The van der Waals surface area contributed by atoms with E-state index in [1.165, 1.54) is 18.4 Å². The average molecular weight is 368 g/mol. The average Bonchev–Trinajstić information content (AvgIpc) is 3.21. The lowest BCUT2D eigenvalue weighted by Crippen LogP contribution is -2.40. The van der Waals surface area contributed by atoms with Gasteiger partial charge in [0.2, 0.25) is 0 Å². The largest absolute Gasteiger partial charge is 0.494 e. The van der Waals surface area contributed by atoms with Gasteiger partial charge in [0.15, 0.2) is 0 Å². The van der Waals surface area contributed by atoms with Gasteiger partial charge in [0.05, 0.1) is 12.2 Å². The molecule has 2 aromatic rings. The number of rotatable bonds is 9. The molecule has 27 heavy (non-hydrogen) atoms. The van der Waals surface area contributed by atoms with Crippen LogP contribution in [0.25, 0.3) is 0 Å². The lowest BCUT2D eigenvalue weighted by atomic mass is 9.74. The summed E-state index contributed by atoms with van der Waals surface area (Å²) in [5.74, 6) is 0.908. The third kappa shape index (κ3) is 4.72. The van der Waals surface area contributed by atoms with Gasteiger partial charge in [0.25, 0.3) is 0 Å². The lowest BCUT2D eigenvalue weighted by molar-refractivity contribution is -0.0117. The van der Waals surface area contributed by atoms with E-state index in [1.54, 1.807) is 0 Å². The van der Waals surface area contributed by atoms with Gasteiger partial charge >= 0.3 is 0 Å². The fourth-order valence-electron chi connectivity index (χ4n) is 4.35. The number of aliphatic hydroxyl groups is 1. The van der Waals surface area contributed by atoms with Gasteiger partial charge in [-0.3, -0.25) is 0 Å². The molecule has 3 heteroatoms. The van der Waals surface area contributed by atoms with Gasteiger partial charge in [-0.1, -0.05) is 55.8 Å². The van der Waals surface area contributed by atoms with Crippen LogP contribution in [0.3, 0.4) is 0 Å². The van der Waals surface area contributed by atoms with Gasteiger partial charge in [-0.15, -0.1) is 0 Å². The molecule has 0 amide bonds. The Morgan fingerprint density at radius 2 is 1.67 bits per heavy atom. The summed E-state index contributed by atoms with van der Waals surface area (Å²) in [7, 11) is 0. The number of nitrogens with zero attached hydrogens (tertiary/aromatic N) is 1. The SMILES string of the molecule is CCC[C@](O)(c1ccc(OCC)cc1)[C@H](CN1CCCC1)c1ccccc1. The first-order valence-electron chi connectivity index (χ1n) is 10.4. The number of likely N-dealkylation sites (tertiary alicyclic amines) is 1. The second kappa shape index (κ2) is 9.38. The summed E-state index contributed by atoms with van der Waals surface area (Å²) in [6, 6.07) is 18.6. The molecular formula is C24H33NO2. The standard InChI is InChI=1S/C24H33NO2/c1-3-16-24(26,21-12-14-22(15-13-21)27-4-2)23(19-25-17-8-9-18-25)20-10-6-5-7-11-20/h5-7,10-15,23,26H,3-4,8-9,16-19H2,1-2H3/t23-,24+/m1/s1. The van der Waals surface area contributed by atoms with Crippen LogP contribution < -0.4 is 4.74 Å². The molecule has 0 aliphatic carbocycles. The highest BCUT2D eigenvalue weighted by atomic mass is 16.5. The summed E-state index contributed by atoms with van der Waals surface area (Å²) < 4.78 is 5.60. The highest BCUT2D eigenvalue weighted by Gasteiger charge is 2.39. The maximum absolute atomic E-state index is 12.0. The molecule has 0 saturated carbocycles. The fourth-order valence-corrected chi connectivity index (χ4v) is 4.35. The maximum atomic E-state index is 12.0. The molecule has 2 aromatic carbocycles. The Hall–Kier alpha value is -1.84. The van der Waals surface area contributed by atoms with Crippen molar-refractivity contribution in [3.63, 3.8) is 0 Å². The third-order valence-electron chi connectivity index (χ3n) is 5.71. The van der Waals surface area contributed by atoms with Crippen molar-refractivity contribution in [2.45, 2.75) is 51.0 Å². The first-order chi connectivity index (χ1) is 13.2.